The molecule has 0 bridgehead atoms. The first-order valence-corrected chi connectivity index (χ1v) is 8.50. The van der Waals surface area contributed by atoms with Crippen molar-refractivity contribution in [3.05, 3.63) is 66.0 Å². The predicted molar refractivity (Wildman–Crippen MR) is 95.2 cm³/mol. The van der Waals surface area contributed by atoms with Crippen LogP contribution in [0.5, 0.6) is 0 Å². The van der Waals surface area contributed by atoms with Crippen LogP contribution >= 0.6 is 0 Å². The van der Waals surface area contributed by atoms with E-state index in [0.717, 1.165) is 13.1 Å². The van der Waals surface area contributed by atoms with Crippen LogP contribution in [0, 0.1) is 5.82 Å². The van der Waals surface area contributed by atoms with E-state index in [1.807, 2.05) is 23.1 Å². The number of para-hydroxylation sites is 1. The van der Waals surface area contributed by atoms with Gasteiger partial charge < -0.3 is 9.80 Å². The number of carbonyl (C=O) groups excluding carboxylic acids is 2. The van der Waals surface area contributed by atoms with Crippen LogP contribution in [0.25, 0.3) is 0 Å². The zero-order valence-corrected chi connectivity index (χ0v) is 14.0. The molecule has 25 heavy (non-hydrogen) atoms. The number of rotatable bonds is 5. The number of carbonyl (C=O) groups is 2. The molecule has 0 N–H and O–H groups in total. The van der Waals surface area contributed by atoms with Crippen LogP contribution in [0.3, 0.4) is 0 Å². The van der Waals surface area contributed by atoms with Crippen molar-refractivity contribution in [3.63, 3.8) is 0 Å². The van der Waals surface area contributed by atoms with Crippen LogP contribution in [-0.4, -0.2) is 42.8 Å². The van der Waals surface area contributed by atoms with Gasteiger partial charge in [-0.3, -0.25) is 9.59 Å². The summed E-state index contributed by atoms with van der Waals surface area (Å²) in [6, 6.07) is 15.6. The summed E-state index contributed by atoms with van der Waals surface area (Å²) < 4.78 is 12.9. The van der Waals surface area contributed by atoms with E-state index in [2.05, 4.69) is 17.0 Å². The maximum atomic E-state index is 12.9. The Labute approximate surface area is 146 Å². The molecule has 0 radical (unpaired) electrons. The first kappa shape index (κ1) is 17.1. The number of hydrogen-bond donors (Lipinski definition) is 0. The van der Waals surface area contributed by atoms with Crippen molar-refractivity contribution in [1.82, 2.24) is 4.90 Å². The number of benzene rings is 2. The minimum absolute atomic E-state index is 0.00294. The summed E-state index contributed by atoms with van der Waals surface area (Å²) in [5.74, 6) is -0.497. The highest BCUT2D eigenvalue weighted by Gasteiger charge is 2.21. The number of hydrogen-bond acceptors (Lipinski definition) is 3. The van der Waals surface area contributed by atoms with Crippen LogP contribution in [0.2, 0.25) is 0 Å². The van der Waals surface area contributed by atoms with Crippen molar-refractivity contribution < 1.29 is 14.0 Å². The first-order chi connectivity index (χ1) is 12.1. The van der Waals surface area contributed by atoms with Gasteiger partial charge in [-0.2, -0.15) is 0 Å². The summed E-state index contributed by atoms with van der Waals surface area (Å²) in [5.41, 5.74) is 1.61. The Kier molecular flexibility index (Phi) is 5.43. The van der Waals surface area contributed by atoms with Gasteiger partial charge in [0.05, 0.1) is 0 Å². The lowest BCUT2D eigenvalue weighted by molar-refractivity contribution is -0.131. The number of amides is 1. The van der Waals surface area contributed by atoms with Gasteiger partial charge in [-0.05, 0) is 36.4 Å². The van der Waals surface area contributed by atoms with E-state index in [9.17, 15) is 14.0 Å². The van der Waals surface area contributed by atoms with Gasteiger partial charge in [-0.15, -0.1) is 0 Å². The molecular weight excluding hydrogens is 319 g/mol. The molecular formula is C20H21FN2O2. The van der Waals surface area contributed by atoms with Gasteiger partial charge in [0.1, 0.15) is 5.82 Å². The summed E-state index contributed by atoms with van der Waals surface area (Å²) >= 11 is 0. The van der Waals surface area contributed by atoms with Crippen molar-refractivity contribution in [3.8, 4) is 0 Å². The molecule has 4 nitrogen and oxygen atoms in total. The second-order valence-corrected chi connectivity index (χ2v) is 6.13. The van der Waals surface area contributed by atoms with Gasteiger partial charge >= 0.3 is 0 Å². The third-order valence-corrected chi connectivity index (χ3v) is 4.49. The van der Waals surface area contributed by atoms with E-state index in [0.29, 0.717) is 18.7 Å². The quantitative estimate of drug-likeness (QED) is 0.785. The normalized spacial score (nSPS) is 14.4. The van der Waals surface area contributed by atoms with Gasteiger partial charge in [-0.1, -0.05) is 18.2 Å². The summed E-state index contributed by atoms with van der Waals surface area (Å²) in [5, 5.41) is 0. The maximum Gasteiger partial charge on any atom is 0.223 e. The Morgan fingerprint density at radius 2 is 1.48 bits per heavy atom. The van der Waals surface area contributed by atoms with E-state index >= 15 is 0 Å². The molecule has 0 unspecified atom stereocenters. The molecule has 0 spiro atoms. The Morgan fingerprint density at radius 3 is 2.12 bits per heavy atom. The molecule has 2 aromatic rings. The molecule has 5 heteroatoms. The molecule has 0 aromatic heterocycles. The number of anilines is 1. The highest BCUT2D eigenvalue weighted by molar-refractivity contribution is 5.97. The maximum absolute atomic E-state index is 12.9. The van der Waals surface area contributed by atoms with Gasteiger partial charge in [0.2, 0.25) is 5.91 Å². The Morgan fingerprint density at radius 1 is 0.840 bits per heavy atom. The lowest BCUT2D eigenvalue weighted by atomic mass is 10.1. The topological polar surface area (TPSA) is 40.6 Å². The minimum atomic E-state index is -0.371. The summed E-state index contributed by atoms with van der Waals surface area (Å²) in [6.07, 6.45) is 0.352. The second-order valence-electron chi connectivity index (χ2n) is 6.13. The standard InChI is InChI=1S/C20H21FN2O2/c21-17-8-6-16(7-9-17)19(24)10-11-20(25)23-14-12-22(13-15-23)18-4-2-1-3-5-18/h1-9H,10-15H2. The molecule has 1 aliphatic rings. The van der Waals surface area contributed by atoms with Crippen LogP contribution in [0.15, 0.2) is 54.6 Å². The summed E-state index contributed by atoms with van der Waals surface area (Å²) in [4.78, 5) is 28.5. The molecule has 3 rings (SSSR count). The number of nitrogens with zero attached hydrogens (tertiary/aromatic N) is 2. The largest absolute Gasteiger partial charge is 0.368 e. The highest BCUT2D eigenvalue weighted by atomic mass is 19.1. The SMILES string of the molecule is O=C(CCC(=O)N1CCN(c2ccccc2)CC1)c1ccc(F)cc1. The first-order valence-electron chi connectivity index (χ1n) is 8.50. The lowest BCUT2D eigenvalue weighted by Crippen LogP contribution is -2.48. The predicted octanol–water partition coefficient (Wildman–Crippen LogP) is 3.14. The molecule has 0 saturated carbocycles. The van der Waals surface area contributed by atoms with Gasteiger partial charge in [-0.25, -0.2) is 4.39 Å². The molecule has 0 aliphatic carbocycles. The second kappa shape index (κ2) is 7.92. The zero-order chi connectivity index (χ0) is 17.6. The molecule has 130 valence electrons. The van der Waals surface area contributed by atoms with E-state index < -0.39 is 0 Å². The Balaban J connectivity index is 1.46. The highest BCUT2D eigenvalue weighted by Crippen LogP contribution is 2.16. The summed E-state index contributed by atoms with van der Waals surface area (Å²) in [7, 11) is 0. The average molecular weight is 340 g/mol. The number of halogens is 1. The van der Waals surface area contributed by atoms with E-state index in [1.165, 1.54) is 30.0 Å². The monoisotopic (exact) mass is 340 g/mol. The van der Waals surface area contributed by atoms with Crippen LogP contribution in [0.1, 0.15) is 23.2 Å². The molecule has 0 atom stereocenters. The molecule has 2 aromatic carbocycles. The molecule has 1 heterocycles. The van der Waals surface area contributed by atoms with E-state index in [-0.39, 0.29) is 30.3 Å². The summed E-state index contributed by atoms with van der Waals surface area (Å²) in [6.45, 7) is 2.92. The van der Waals surface area contributed by atoms with Crippen molar-refractivity contribution in [1.29, 1.82) is 0 Å². The third-order valence-electron chi connectivity index (χ3n) is 4.49. The fourth-order valence-electron chi connectivity index (χ4n) is 3.01. The van der Waals surface area contributed by atoms with Gasteiger partial charge in [0.15, 0.2) is 5.78 Å². The van der Waals surface area contributed by atoms with E-state index in [1.54, 1.807) is 0 Å². The van der Waals surface area contributed by atoms with Gasteiger partial charge in [0, 0.05) is 50.3 Å². The molecule has 1 amide bonds. The Bertz CT molecular complexity index is 723. The van der Waals surface area contributed by atoms with Crippen molar-refractivity contribution >= 4 is 17.4 Å². The molecule has 1 fully saturated rings. The van der Waals surface area contributed by atoms with Crippen molar-refractivity contribution in [2.75, 3.05) is 31.1 Å². The zero-order valence-electron chi connectivity index (χ0n) is 14.0. The number of Topliss-reactive ketones (excluding diaryl/α,β-unsaturated/α-hetero) is 1. The third kappa shape index (κ3) is 4.44. The minimum Gasteiger partial charge on any atom is -0.368 e. The van der Waals surface area contributed by atoms with Gasteiger partial charge in [0.25, 0.3) is 0 Å². The lowest BCUT2D eigenvalue weighted by Gasteiger charge is -2.36. The van der Waals surface area contributed by atoms with Crippen molar-refractivity contribution in [2.24, 2.45) is 0 Å². The number of ketones is 1. The van der Waals surface area contributed by atoms with Crippen LogP contribution in [0.4, 0.5) is 10.1 Å². The Hall–Kier alpha value is -2.69. The fraction of sp³-hybridized carbons (Fsp3) is 0.300. The average Bonchev–Trinajstić information content (AvgIpc) is 2.67. The van der Waals surface area contributed by atoms with Crippen LogP contribution < -0.4 is 4.90 Å². The molecule has 1 aliphatic heterocycles. The fourth-order valence-corrected chi connectivity index (χ4v) is 3.01. The van der Waals surface area contributed by atoms with Crippen molar-refractivity contribution in [2.45, 2.75) is 12.8 Å². The smallest absolute Gasteiger partial charge is 0.223 e. The van der Waals surface area contributed by atoms with E-state index in [4.69, 9.17) is 0 Å². The molecule has 1 saturated heterocycles. The van der Waals surface area contributed by atoms with Crippen LogP contribution in [-0.2, 0) is 4.79 Å². The number of piperazine rings is 1.